The normalized spacial score (nSPS) is 21.3. The zero-order valence-electron chi connectivity index (χ0n) is 16.3. The number of hydrogen-bond acceptors (Lipinski definition) is 5. The lowest BCUT2D eigenvalue weighted by Gasteiger charge is -2.21. The molecule has 1 aliphatic carbocycles. The van der Waals surface area contributed by atoms with E-state index in [1.807, 2.05) is 31.0 Å². The van der Waals surface area contributed by atoms with Gasteiger partial charge in [-0.15, -0.1) is 0 Å². The first-order valence-electron chi connectivity index (χ1n) is 10.0. The van der Waals surface area contributed by atoms with Gasteiger partial charge in [-0.25, -0.2) is 9.97 Å². The molecule has 0 radical (unpaired) electrons. The summed E-state index contributed by atoms with van der Waals surface area (Å²) in [5.41, 5.74) is 4.01. The Hall–Kier alpha value is -2.21. The minimum Gasteiger partial charge on any atom is -0.356 e. The minimum atomic E-state index is 0.00512. The van der Waals surface area contributed by atoms with Crippen LogP contribution in [0.2, 0.25) is 5.02 Å². The van der Waals surface area contributed by atoms with Crippen molar-refractivity contribution in [3.63, 3.8) is 0 Å². The van der Waals surface area contributed by atoms with Crippen LogP contribution in [0.4, 0.5) is 5.82 Å². The molecule has 2 aromatic heterocycles. The molecular weight excluding hydrogens is 374 g/mol. The van der Waals surface area contributed by atoms with E-state index < -0.39 is 0 Å². The molecule has 2 fully saturated rings. The molecule has 2 aliphatic heterocycles. The number of rotatable bonds is 3. The number of amides is 1. The third-order valence-electron chi connectivity index (χ3n) is 6.22. The molecule has 1 saturated heterocycles. The second-order valence-electron chi connectivity index (χ2n) is 8.23. The summed E-state index contributed by atoms with van der Waals surface area (Å²) in [6.45, 7) is 6.73. The van der Waals surface area contributed by atoms with Gasteiger partial charge in [0, 0.05) is 31.7 Å². The smallest absolute Gasteiger partial charge is 0.228 e. The molecular formula is C21H24ClN5O. The average molecular weight is 398 g/mol. The monoisotopic (exact) mass is 397 g/mol. The highest BCUT2D eigenvalue weighted by Crippen LogP contribution is 2.38. The van der Waals surface area contributed by atoms with Crippen molar-refractivity contribution in [3.8, 4) is 0 Å². The molecule has 7 heteroatoms. The van der Waals surface area contributed by atoms with E-state index in [0.717, 1.165) is 58.7 Å². The summed E-state index contributed by atoms with van der Waals surface area (Å²) in [6.07, 6.45) is 5.09. The summed E-state index contributed by atoms with van der Waals surface area (Å²) >= 11 is 6.36. The van der Waals surface area contributed by atoms with Crippen LogP contribution in [0.3, 0.4) is 0 Å². The van der Waals surface area contributed by atoms with Gasteiger partial charge >= 0.3 is 0 Å². The van der Waals surface area contributed by atoms with Crippen molar-refractivity contribution in [3.05, 3.63) is 45.6 Å². The van der Waals surface area contributed by atoms with Crippen LogP contribution in [-0.4, -0.2) is 38.8 Å². The topological polar surface area (TPSA) is 62.2 Å². The zero-order valence-corrected chi connectivity index (χ0v) is 17.0. The summed E-state index contributed by atoms with van der Waals surface area (Å²) < 4.78 is 0. The molecule has 2 aromatic rings. The molecule has 0 spiro atoms. The van der Waals surface area contributed by atoms with Gasteiger partial charge in [0.25, 0.3) is 0 Å². The molecule has 1 saturated carbocycles. The number of carbonyl (C=O) groups is 1. The highest BCUT2D eigenvalue weighted by molar-refractivity contribution is 6.32. The molecule has 5 rings (SSSR count). The van der Waals surface area contributed by atoms with E-state index >= 15 is 0 Å². The van der Waals surface area contributed by atoms with Crippen molar-refractivity contribution in [2.75, 3.05) is 18.0 Å². The number of halogens is 1. The molecule has 28 heavy (non-hydrogen) atoms. The van der Waals surface area contributed by atoms with Gasteiger partial charge in [-0.05, 0) is 50.3 Å². The number of pyridine rings is 1. The lowest BCUT2D eigenvalue weighted by molar-refractivity contribution is -0.135. The van der Waals surface area contributed by atoms with Crippen LogP contribution in [-0.2, 0) is 17.9 Å². The Morgan fingerprint density at radius 1 is 1.18 bits per heavy atom. The fourth-order valence-corrected chi connectivity index (χ4v) is 4.53. The third kappa shape index (κ3) is 3.04. The van der Waals surface area contributed by atoms with Gasteiger partial charge in [0.1, 0.15) is 11.6 Å². The summed E-state index contributed by atoms with van der Waals surface area (Å²) in [7, 11) is 0. The van der Waals surface area contributed by atoms with E-state index in [2.05, 4.69) is 14.9 Å². The number of carbonyl (C=O) groups excluding carboxylic acids is 1. The first-order valence-corrected chi connectivity index (χ1v) is 10.4. The predicted octanol–water partition coefficient (Wildman–Crippen LogP) is 3.39. The van der Waals surface area contributed by atoms with Gasteiger partial charge in [0.15, 0.2) is 0 Å². The third-order valence-corrected chi connectivity index (χ3v) is 6.77. The SMILES string of the molecule is Cc1nc2c(c(C)c1Cl)CN(C(=O)[C@@H]1CCN(c3ccnc(C4CC4)n3)C1)C2. The minimum absolute atomic E-state index is 0.00512. The van der Waals surface area contributed by atoms with Gasteiger partial charge in [-0.3, -0.25) is 9.78 Å². The number of nitrogens with zero attached hydrogens (tertiary/aromatic N) is 5. The van der Waals surface area contributed by atoms with E-state index in [1.165, 1.54) is 12.8 Å². The Balaban J connectivity index is 1.28. The van der Waals surface area contributed by atoms with Crippen molar-refractivity contribution in [1.29, 1.82) is 0 Å². The predicted molar refractivity (Wildman–Crippen MR) is 107 cm³/mol. The fourth-order valence-electron chi connectivity index (χ4n) is 4.37. The Kier molecular flexibility index (Phi) is 4.27. The first kappa shape index (κ1) is 17.9. The summed E-state index contributed by atoms with van der Waals surface area (Å²) in [5.74, 6) is 2.66. The highest BCUT2D eigenvalue weighted by atomic mass is 35.5. The van der Waals surface area contributed by atoms with Gasteiger partial charge in [-0.2, -0.15) is 0 Å². The lowest BCUT2D eigenvalue weighted by atomic mass is 10.1. The quantitative estimate of drug-likeness (QED) is 0.794. The Morgan fingerprint density at radius 3 is 2.79 bits per heavy atom. The summed E-state index contributed by atoms with van der Waals surface area (Å²) in [5, 5.41) is 0.718. The largest absolute Gasteiger partial charge is 0.356 e. The number of aryl methyl sites for hydroxylation is 1. The molecule has 1 atom stereocenters. The average Bonchev–Trinajstić information content (AvgIpc) is 3.28. The van der Waals surface area contributed by atoms with Crippen LogP contribution in [0.5, 0.6) is 0 Å². The van der Waals surface area contributed by atoms with Crippen molar-refractivity contribution in [1.82, 2.24) is 19.9 Å². The fraction of sp³-hybridized carbons (Fsp3) is 0.524. The Labute approximate surface area is 169 Å². The Bertz CT molecular complexity index is 958. The molecule has 146 valence electrons. The van der Waals surface area contributed by atoms with Crippen LogP contribution in [0, 0.1) is 19.8 Å². The summed E-state index contributed by atoms with van der Waals surface area (Å²) in [6, 6.07) is 1.96. The van der Waals surface area contributed by atoms with Gasteiger partial charge < -0.3 is 9.80 Å². The van der Waals surface area contributed by atoms with Crippen LogP contribution in [0.25, 0.3) is 0 Å². The first-order chi connectivity index (χ1) is 13.5. The van der Waals surface area contributed by atoms with Crippen molar-refractivity contribution in [2.45, 2.75) is 52.1 Å². The standard InChI is InChI=1S/C21H24ClN5O/c1-12-16-10-27(11-17(16)24-13(2)19(12)22)21(28)15-6-8-26(9-15)18-5-7-23-20(25-18)14-3-4-14/h5,7,14-15H,3-4,6,8-11H2,1-2H3/t15-/m1/s1. The lowest BCUT2D eigenvalue weighted by Crippen LogP contribution is -2.34. The van der Waals surface area contributed by atoms with E-state index in [0.29, 0.717) is 19.0 Å². The number of hydrogen-bond donors (Lipinski definition) is 0. The van der Waals surface area contributed by atoms with E-state index in [9.17, 15) is 4.79 Å². The second-order valence-corrected chi connectivity index (χ2v) is 8.61. The molecule has 1 amide bonds. The van der Waals surface area contributed by atoms with E-state index in [-0.39, 0.29) is 11.8 Å². The molecule has 4 heterocycles. The van der Waals surface area contributed by atoms with Crippen LogP contribution in [0.15, 0.2) is 12.3 Å². The van der Waals surface area contributed by atoms with E-state index in [4.69, 9.17) is 16.6 Å². The number of aromatic nitrogens is 3. The van der Waals surface area contributed by atoms with Crippen molar-refractivity contribution < 1.29 is 4.79 Å². The van der Waals surface area contributed by atoms with Crippen LogP contribution >= 0.6 is 11.6 Å². The zero-order chi connectivity index (χ0) is 19.4. The van der Waals surface area contributed by atoms with Gasteiger partial charge in [0.2, 0.25) is 5.91 Å². The molecule has 3 aliphatic rings. The van der Waals surface area contributed by atoms with E-state index in [1.54, 1.807) is 0 Å². The highest BCUT2D eigenvalue weighted by Gasteiger charge is 2.36. The number of anilines is 1. The van der Waals surface area contributed by atoms with Crippen molar-refractivity contribution >= 4 is 23.3 Å². The molecule has 6 nitrogen and oxygen atoms in total. The Morgan fingerprint density at radius 2 is 2.00 bits per heavy atom. The van der Waals surface area contributed by atoms with Gasteiger partial charge in [-0.1, -0.05) is 11.6 Å². The molecule has 0 bridgehead atoms. The summed E-state index contributed by atoms with van der Waals surface area (Å²) in [4.78, 5) is 31.1. The number of fused-ring (bicyclic) bond motifs is 1. The maximum absolute atomic E-state index is 13.2. The second kappa shape index (κ2) is 6.69. The molecule has 0 N–H and O–H groups in total. The van der Waals surface area contributed by atoms with Crippen molar-refractivity contribution in [2.24, 2.45) is 5.92 Å². The molecule has 0 aromatic carbocycles. The molecule has 0 unspecified atom stereocenters. The van der Waals surface area contributed by atoms with Gasteiger partial charge in [0.05, 0.1) is 28.9 Å². The maximum Gasteiger partial charge on any atom is 0.228 e. The van der Waals surface area contributed by atoms with Crippen LogP contribution in [0.1, 0.15) is 53.5 Å². The van der Waals surface area contributed by atoms with Crippen LogP contribution < -0.4 is 4.90 Å². The maximum atomic E-state index is 13.2.